The highest BCUT2D eigenvalue weighted by Gasteiger charge is 2.26. The van der Waals surface area contributed by atoms with Gasteiger partial charge in [0, 0.05) is 42.4 Å². The molecule has 0 saturated heterocycles. The van der Waals surface area contributed by atoms with Crippen molar-refractivity contribution in [1.29, 1.82) is 0 Å². The molecule has 0 bridgehead atoms. The zero-order chi connectivity index (χ0) is 20.8. The van der Waals surface area contributed by atoms with Crippen LogP contribution in [-0.4, -0.2) is 35.7 Å². The molecule has 1 aliphatic rings. The molecule has 1 atom stereocenters. The smallest absolute Gasteiger partial charge is 0.253 e. The van der Waals surface area contributed by atoms with Gasteiger partial charge in [-0.1, -0.05) is 18.2 Å². The van der Waals surface area contributed by atoms with Gasteiger partial charge in [0.15, 0.2) is 0 Å². The van der Waals surface area contributed by atoms with Crippen LogP contribution in [0.3, 0.4) is 0 Å². The lowest BCUT2D eigenvalue weighted by Crippen LogP contribution is -2.30. The summed E-state index contributed by atoms with van der Waals surface area (Å²) in [5.74, 6) is -0.392. The zero-order valence-electron chi connectivity index (χ0n) is 16.9. The number of amides is 3. The largest absolute Gasteiger partial charge is 0.339 e. The second-order valence-electron chi connectivity index (χ2n) is 7.19. The highest BCUT2D eigenvalue weighted by Crippen LogP contribution is 2.27. The summed E-state index contributed by atoms with van der Waals surface area (Å²) in [5.41, 5.74) is 3.21. The van der Waals surface area contributed by atoms with Crippen molar-refractivity contribution in [2.45, 2.75) is 33.1 Å². The zero-order valence-corrected chi connectivity index (χ0v) is 16.9. The Labute approximate surface area is 171 Å². The first kappa shape index (κ1) is 20.6. The molecular formula is C23H27N3O3. The summed E-state index contributed by atoms with van der Waals surface area (Å²) in [6, 6.07) is 14.7. The van der Waals surface area contributed by atoms with Crippen LogP contribution >= 0.6 is 0 Å². The van der Waals surface area contributed by atoms with Crippen LogP contribution in [0.2, 0.25) is 0 Å². The number of anilines is 2. The third-order valence-corrected chi connectivity index (χ3v) is 5.30. The Morgan fingerprint density at radius 2 is 1.76 bits per heavy atom. The number of hydrogen-bond acceptors (Lipinski definition) is 3. The molecule has 6 nitrogen and oxygen atoms in total. The number of nitrogens with zero attached hydrogens (tertiary/aromatic N) is 1. The van der Waals surface area contributed by atoms with E-state index in [1.54, 1.807) is 29.2 Å². The van der Waals surface area contributed by atoms with Crippen molar-refractivity contribution in [3.8, 4) is 0 Å². The highest BCUT2D eigenvalue weighted by atomic mass is 16.2. The molecule has 0 saturated carbocycles. The Hall–Kier alpha value is -3.15. The molecule has 3 amide bonds. The summed E-state index contributed by atoms with van der Waals surface area (Å²) in [5, 5.41) is 5.76. The average molecular weight is 393 g/mol. The number of fused-ring (bicyclic) bond motifs is 1. The molecule has 29 heavy (non-hydrogen) atoms. The van der Waals surface area contributed by atoms with Gasteiger partial charge in [-0.3, -0.25) is 14.4 Å². The summed E-state index contributed by atoms with van der Waals surface area (Å²) < 4.78 is 0. The molecule has 152 valence electrons. The molecule has 1 heterocycles. The Bertz CT molecular complexity index is 888. The molecular weight excluding hydrogens is 366 g/mol. The number of nitrogens with one attached hydrogen (secondary N) is 2. The summed E-state index contributed by atoms with van der Waals surface area (Å²) >= 11 is 0. The van der Waals surface area contributed by atoms with Crippen molar-refractivity contribution in [3.63, 3.8) is 0 Å². The van der Waals surface area contributed by atoms with Crippen molar-refractivity contribution < 1.29 is 14.4 Å². The highest BCUT2D eigenvalue weighted by molar-refractivity contribution is 5.97. The van der Waals surface area contributed by atoms with E-state index in [0.29, 0.717) is 37.2 Å². The number of para-hydroxylation sites is 1. The quantitative estimate of drug-likeness (QED) is 0.753. The predicted octanol–water partition coefficient (Wildman–Crippen LogP) is 3.70. The second kappa shape index (κ2) is 9.37. The van der Waals surface area contributed by atoms with E-state index in [0.717, 1.165) is 11.3 Å². The minimum Gasteiger partial charge on any atom is -0.339 e. The average Bonchev–Trinajstić information content (AvgIpc) is 2.73. The van der Waals surface area contributed by atoms with Crippen LogP contribution in [-0.2, 0) is 16.0 Å². The van der Waals surface area contributed by atoms with Crippen molar-refractivity contribution in [2.24, 2.45) is 5.92 Å². The van der Waals surface area contributed by atoms with Gasteiger partial charge in [-0.05, 0) is 62.6 Å². The van der Waals surface area contributed by atoms with E-state index in [9.17, 15) is 14.4 Å². The van der Waals surface area contributed by atoms with Crippen LogP contribution in [0.25, 0.3) is 0 Å². The van der Waals surface area contributed by atoms with Gasteiger partial charge < -0.3 is 15.5 Å². The summed E-state index contributed by atoms with van der Waals surface area (Å²) in [6.45, 7) is 5.21. The van der Waals surface area contributed by atoms with Gasteiger partial charge in [-0.15, -0.1) is 0 Å². The third-order valence-electron chi connectivity index (χ3n) is 5.30. The summed E-state index contributed by atoms with van der Waals surface area (Å²) in [7, 11) is 0. The lowest BCUT2D eigenvalue weighted by molar-refractivity contribution is -0.121. The van der Waals surface area contributed by atoms with Gasteiger partial charge >= 0.3 is 0 Å². The predicted molar refractivity (Wildman–Crippen MR) is 114 cm³/mol. The molecule has 2 aromatic carbocycles. The number of carbonyl (C=O) groups is 3. The first-order valence-corrected chi connectivity index (χ1v) is 10.1. The maximum Gasteiger partial charge on any atom is 0.253 e. The van der Waals surface area contributed by atoms with E-state index < -0.39 is 0 Å². The van der Waals surface area contributed by atoms with Gasteiger partial charge in [-0.2, -0.15) is 0 Å². The van der Waals surface area contributed by atoms with Gasteiger partial charge in [0.1, 0.15) is 0 Å². The van der Waals surface area contributed by atoms with Crippen LogP contribution < -0.4 is 10.6 Å². The monoisotopic (exact) mass is 393 g/mol. The number of rotatable bonds is 7. The van der Waals surface area contributed by atoms with Crippen LogP contribution in [0.5, 0.6) is 0 Å². The normalized spacial score (nSPS) is 15.2. The summed E-state index contributed by atoms with van der Waals surface area (Å²) in [6.07, 6.45) is 1.41. The van der Waals surface area contributed by atoms with Gasteiger partial charge in [0.25, 0.3) is 5.91 Å². The van der Waals surface area contributed by atoms with Crippen LogP contribution in [0, 0.1) is 5.92 Å². The Kier molecular flexibility index (Phi) is 6.65. The second-order valence-corrected chi connectivity index (χ2v) is 7.19. The van der Waals surface area contributed by atoms with E-state index in [1.165, 1.54) is 0 Å². The fourth-order valence-corrected chi connectivity index (χ4v) is 3.56. The molecule has 6 heteroatoms. The van der Waals surface area contributed by atoms with E-state index in [4.69, 9.17) is 0 Å². The number of hydrogen-bond donors (Lipinski definition) is 2. The lowest BCUT2D eigenvalue weighted by atomic mass is 9.89. The fourth-order valence-electron chi connectivity index (χ4n) is 3.56. The molecule has 0 radical (unpaired) electrons. The van der Waals surface area contributed by atoms with Crippen molar-refractivity contribution in [1.82, 2.24) is 4.90 Å². The first-order valence-electron chi connectivity index (χ1n) is 10.1. The molecule has 2 aromatic rings. The standard InChI is InChI=1S/C23H27N3O3/c1-3-26(4-2)23(29)16-9-12-19(13-10-16)24-21(27)14-11-18-15-17-7-5-6-8-20(17)25-22(18)28/h5-10,12-13,18H,3-4,11,14-15H2,1-2H3,(H,24,27)(H,25,28). The van der Waals surface area contributed by atoms with E-state index in [1.807, 2.05) is 38.1 Å². The molecule has 1 aliphatic heterocycles. The SMILES string of the molecule is CCN(CC)C(=O)c1ccc(NC(=O)CCC2Cc3ccccc3NC2=O)cc1. The molecule has 1 unspecified atom stereocenters. The van der Waals surface area contributed by atoms with E-state index >= 15 is 0 Å². The van der Waals surface area contributed by atoms with Gasteiger partial charge in [-0.25, -0.2) is 0 Å². The van der Waals surface area contributed by atoms with Crippen LogP contribution in [0.15, 0.2) is 48.5 Å². The minimum atomic E-state index is -0.204. The third kappa shape index (κ3) is 5.02. The number of carbonyl (C=O) groups excluding carboxylic acids is 3. The topological polar surface area (TPSA) is 78.5 Å². The number of benzene rings is 2. The maximum atomic E-state index is 12.3. The van der Waals surface area contributed by atoms with Crippen molar-refractivity contribution in [3.05, 3.63) is 59.7 Å². The van der Waals surface area contributed by atoms with Gasteiger partial charge in [0.2, 0.25) is 11.8 Å². The van der Waals surface area contributed by atoms with Crippen LogP contribution in [0.1, 0.15) is 42.6 Å². The fraction of sp³-hybridized carbons (Fsp3) is 0.348. The molecule has 0 fully saturated rings. The van der Waals surface area contributed by atoms with E-state index in [-0.39, 0.29) is 30.1 Å². The minimum absolute atomic E-state index is 0.0172. The Morgan fingerprint density at radius 3 is 2.45 bits per heavy atom. The van der Waals surface area contributed by atoms with Gasteiger partial charge in [0.05, 0.1) is 0 Å². The van der Waals surface area contributed by atoms with Crippen molar-refractivity contribution in [2.75, 3.05) is 23.7 Å². The first-order chi connectivity index (χ1) is 14.0. The van der Waals surface area contributed by atoms with Crippen molar-refractivity contribution >= 4 is 29.1 Å². The summed E-state index contributed by atoms with van der Waals surface area (Å²) in [4.78, 5) is 38.7. The molecule has 2 N–H and O–H groups in total. The van der Waals surface area contributed by atoms with E-state index in [2.05, 4.69) is 10.6 Å². The van der Waals surface area contributed by atoms with Crippen LogP contribution in [0.4, 0.5) is 11.4 Å². The molecule has 0 aromatic heterocycles. The molecule has 0 spiro atoms. The Balaban J connectivity index is 1.52. The molecule has 3 rings (SSSR count). The molecule has 0 aliphatic carbocycles. The Morgan fingerprint density at radius 1 is 1.07 bits per heavy atom. The maximum absolute atomic E-state index is 12.3. The lowest BCUT2D eigenvalue weighted by Gasteiger charge is -2.24.